The Balaban J connectivity index is 1.87. The van der Waals surface area contributed by atoms with Crippen molar-refractivity contribution in [1.29, 1.82) is 0 Å². The number of amides is 1. The van der Waals surface area contributed by atoms with Gasteiger partial charge in [0, 0.05) is 23.4 Å². The van der Waals surface area contributed by atoms with Crippen LogP contribution >= 0.6 is 0 Å². The molecule has 0 unspecified atom stereocenters. The minimum atomic E-state index is -0.244. The SMILES string of the molecule is COc1ccc2c(c1OC)C(=O)N/C2=C/c1c(CCN(C)C)cc2c(c1OC)OCO2. The molecule has 0 aliphatic carbocycles. The van der Waals surface area contributed by atoms with E-state index >= 15 is 0 Å². The molecule has 31 heavy (non-hydrogen) atoms. The summed E-state index contributed by atoms with van der Waals surface area (Å²) in [6, 6.07) is 5.61. The summed E-state index contributed by atoms with van der Waals surface area (Å²) in [5.41, 5.74) is 3.71. The molecule has 2 aromatic rings. The Labute approximate surface area is 181 Å². The number of methoxy groups -OCH3 is 3. The Kier molecular flexibility index (Phi) is 5.65. The first-order valence-corrected chi connectivity index (χ1v) is 9.91. The van der Waals surface area contributed by atoms with Crippen LogP contribution in [0.2, 0.25) is 0 Å². The van der Waals surface area contributed by atoms with Crippen LogP contribution in [0.1, 0.15) is 27.0 Å². The van der Waals surface area contributed by atoms with Crippen molar-refractivity contribution in [3.05, 3.63) is 40.5 Å². The van der Waals surface area contributed by atoms with E-state index in [9.17, 15) is 4.79 Å². The summed E-state index contributed by atoms with van der Waals surface area (Å²) in [5.74, 6) is 2.48. The minimum absolute atomic E-state index is 0.148. The molecule has 1 amide bonds. The Bertz CT molecular complexity index is 1060. The van der Waals surface area contributed by atoms with Gasteiger partial charge in [0.05, 0.1) is 26.9 Å². The van der Waals surface area contributed by atoms with Crippen LogP contribution in [0, 0.1) is 0 Å². The number of likely N-dealkylation sites (N-methyl/N-ethyl adjacent to an activating group) is 1. The minimum Gasteiger partial charge on any atom is -0.493 e. The highest BCUT2D eigenvalue weighted by Gasteiger charge is 2.31. The van der Waals surface area contributed by atoms with Gasteiger partial charge in [-0.1, -0.05) is 0 Å². The average molecular weight is 426 g/mol. The van der Waals surface area contributed by atoms with Crippen molar-refractivity contribution in [1.82, 2.24) is 10.2 Å². The molecule has 2 heterocycles. The second kappa shape index (κ2) is 8.39. The van der Waals surface area contributed by atoms with E-state index < -0.39 is 0 Å². The molecule has 0 spiro atoms. The van der Waals surface area contributed by atoms with Crippen LogP contribution in [0.25, 0.3) is 11.8 Å². The van der Waals surface area contributed by atoms with E-state index in [1.807, 2.05) is 32.3 Å². The van der Waals surface area contributed by atoms with Crippen molar-refractivity contribution >= 4 is 17.7 Å². The van der Waals surface area contributed by atoms with Gasteiger partial charge >= 0.3 is 0 Å². The zero-order valence-electron chi connectivity index (χ0n) is 18.3. The zero-order valence-corrected chi connectivity index (χ0v) is 18.3. The van der Waals surface area contributed by atoms with Crippen molar-refractivity contribution in [3.63, 3.8) is 0 Å². The molecule has 4 rings (SSSR count). The van der Waals surface area contributed by atoms with Crippen molar-refractivity contribution < 1.29 is 28.5 Å². The lowest BCUT2D eigenvalue weighted by atomic mass is 9.98. The highest BCUT2D eigenvalue weighted by atomic mass is 16.7. The lowest BCUT2D eigenvalue weighted by molar-refractivity contribution is 0.0977. The smallest absolute Gasteiger partial charge is 0.260 e. The van der Waals surface area contributed by atoms with E-state index in [1.54, 1.807) is 20.3 Å². The van der Waals surface area contributed by atoms with Gasteiger partial charge < -0.3 is 33.9 Å². The number of benzene rings is 2. The second-order valence-corrected chi connectivity index (χ2v) is 7.51. The summed E-state index contributed by atoms with van der Waals surface area (Å²) < 4.78 is 27.8. The number of nitrogens with zero attached hydrogens (tertiary/aromatic N) is 1. The summed E-state index contributed by atoms with van der Waals surface area (Å²) >= 11 is 0. The number of rotatable bonds is 7. The number of hydrogen-bond acceptors (Lipinski definition) is 7. The molecule has 2 aromatic carbocycles. The van der Waals surface area contributed by atoms with Gasteiger partial charge in [-0.25, -0.2) is 0 Å². The van der Waals surface area contributed by atoms with Crippen molar-refractivity contribution in [2.45, 2.75) is 6.42 Å². The maximum absolute atomic E-state index is 12.8. The second-order valence-electron chi connectivity index (χ2n) is 7.51. The molecule has 164 valence electrons. The third-order valence-corrected chi connectivity index (χ3v) is 5.38. The average Bonchev–Trinajstić information content (AvgIpc) is 3.35. The Hall–Kier alpha value is -3.39. The number of carbonyl (C=O) groups is 1. The number of ether oxygens (including phenoxy) is 5. The molecule has 2 aliphatic rings. The van der Waals surface area contributed by atoms with E-state index in [2.05, 4.69) is 10.2 Å². The molecule has 2 aliphatic heterocycles. The van der Waals surface area contributed by atoms with E-state index in [-0.39, 0.29) is 12.7 Å². The summed E-state index contributed by atoms with van der Waals surface area (Å²) in [7, 11) is 8.71. The van der Waals surface area contributed by atoms with E-state index in [0.29, 0.717) is 40.0 Å². The number of carbonyl (C=O) groups excluding carboxylic acids is 1. The van der Waals surface area contributed by atoms with Gasteiger partial charge in [-0.15, -0.1) is 0 Å². The molecule has 0 radical (unpaired) electrons. The molecule has 0 aromatic heterocycles. The molecule has 0 saturated heterocycles. The predicted octanol–water partition coefficient (Wildman–Crippen LogP) is 2.79. The van der Waals surface area contributed by atoms with Gasteiger partial charge in [0.1, 0.15) is 0 Å². The van der Waals surface area contributed by atoms with E-state index in [1.165, 1.54) is 7.11 Å². The van der Waals surface area contributed by atoms with Gasteiger partial charge in [-0.2, -0.15) is 0 Å². The Morgan fingerprint density at radius 3 is 2.55 bits per heavy atom. The van der Waals surface area contributed by atoms with E-state index in [0.717, 1.165) is 29.7 Å². The van der Waals surface area contributed by atoms with Crippen molar-refractivity contribution in [3.8, 4) is 28.7 Å². The first-order chi connectivity index (χ1) is 15.0. The molecule has 8 heteroatoms. The molecule has 8 nitrogen and oxygen atoms in total. The molecular weight excluding hydrogens is 400 g/mol. The summed E-state index contributed by atoms with van der Waals surface area (Å²) in [5, 5.41) is 2.95. The van der Waals surface area contributed by atoms with Crippen LogP contribution in [0.15, 0.2) is 18.2 Å². The quantitative estimate of drug-likeness (QED) is 0.729. The molecule has 0 atom stereocenters. The summed E-state index contributed by atoms with van der Waals surface area (Å²) in [6.45, 7) is 0.988. The van der Waals surface area contributed by atoms with Crippen LogP contribution in [-0.2, 0) is 6.42 Å². The lowest BCUT2D eigenvalue weighted by Gasteiger charge is -2.16. The Morgan fingerprint density at radius 1 is 1.10 bits per heavy atom. The molecule has 1 N–H and O–H groups in total. The number of hydrogen-bond donors (Lipinski definition) is 1. The van der Waals surface area contributed by atoms with Crippen LogP contribution in [0.3, 0.4) is 0 Å². The van der Waals surface area contributed by atoms with Gasteiger partial charge in [0.2, 0.25) is 12.5 Å². The fourth-order valence-corrected chi connectivity index (χ4v) is 3.88. The zero-order chi connectivity index (χ0) is 22.1. The highest BCUT2D eigenvalue weighted by molar-refractivity contribution is 6.14. The monoisotopic (exact) mass is 426 g/mol. The van der Waals surface area contributed by atoms with Gasteiger partial charge in [-0.3, -0.25) is 4.79 Å². The largest absolute Gasteiger partial charge is 0.493 e. The maximum atomic E-state index is 12.8. The first-order valence-electron chi connectivity index (χ1n) is 9.91. The van der Waals surface area contributed by atoms with Crippen LogP contribution in [-0.4, -0.2) is 59.6 Å². The number of nitrogens with one attached hydrogen (secondary N) is 1. The molecule has 0 saturated carbocycles. The Morgan fingerprint density at radius 2 is 1.87 bits per heavy atom. The number of fused-ring (bicyclic) bond motifs is 2. The van der Waals surface area contributed by atoms with Crippen LogP contribution in [0.5, 0.6) is 28.7 Å². The first kappa shape index (κ1) is 20.9. The third-order valence-electron chi connectivity index (χ3n) is 5.38. The molecular formula is C23H26N2O6. The fourth-order valence-electron chi connectivity index (χ4n) is 3.88. The lowest BCUT2D eigenvalue weighted by Crippen LogP contribution is -2.16. The summed E-state index contributed by atoms with van der Waals surface area (Å²) in [4.78, 5) is 14.9. The molecule has 0 fully saturated rings. The predicted molar refractivity (Wildman–Crippen MR) is 116 cm³/mol. The fraction of sp³-hybridized carbons (Fsp3) is 0.348. The van der Waals surface area contributed by atoms with Crippen molar-refractivity contribution in [2.24, 2.45) is 0 Å². The van der Waals surface area contributed by atoms with E-state index in [4.69, 9.17) is 23.7 Å². The van der Waals surface area contributed by atoms with Gasteiger partial charge in [0.15, 0.2) is 23.0 Å². The third kappa shape index (κ3) is 3.63. The van der Waals surface area contributed by atoms with Crippen LogP contribution in [0.4, 0.5) is 0 Å². The van der Waals surface area contributed by atoms with Gasteiger partial charge in [0.25, 0.3) is 5.91 Å². The topological polar surface area (TPSA) is 78.5 Å². The van der Waals surface area contributed by atoms with Gasteiger partial charge in [-0.05, 0) is 50.4 Å². The highest BCUT2D eigenvalue weighted by Crippen LogP contribution is 2.47. The van der Waals surface area contributed by atoms with Crippen LogP contribution < -0.4 is 29.0 Å². The standard InChI is InChI=1S/C23H26N2O6/c1-25(2)9-8-13-10-18-22(31-12-30-18)20(28-4)15(13)11-16-14-6-7-17(27-3)21(29-5)19(14)23(26)24-16/h6-7,10-11H,8-9,12H2,1-5H3,(H,24,26)/b16-11+. The maximum Gasteiger partial charge on any atom is 0.260 e. The summed E-state index contributed by atoms with van der Waals surface area (Å²) in [6.07, 6.45) is 2.69. The molecule has 0 bridgehead atoms. The van der Waals surface area contributed by atoms with Crippen molar-refractivity contribution in [2.75, 3.05) is 48.8 Å². The normalized spacial score (nSPS) is 15.3.